The van der Waals surface area contributed by atoms with Crippen molar-refractivity contribution in [1.29, 1.82) is 0 Å². The molecule has 9 heteroatoms. The fourth-order valence-electron chi connectivity index (χ4n) is 5.66. The summed E-state index contributed by atoms with van der Waals surface area (Å²) in [6, 6.07) is 14.6. The van der Waals surface area contributed by atoms with Crippen LogP contribution in [0.3, 0.4) is 0 Å². The third kappa shape index (κ3) is 5.80. The normalized spacial score (nSPS) is 16.8. The molecule has 1 amide bonds. The highest BCUT2D eigenvalue weighted by Gasteiger charge is 2.22. The number of piperazine rings is 1. The SMILES string of the molecule is CC(=O)Nc1ccc(-c2cc(OC3CCOCC3)c3c(C)[nH]nc3c2)cc1N1CCN(Cc2cccnc2)CC1. The predicted octanol–water partition coefficient (Wildman–Crippen LogP) is 4.77. The van der Waals surface area contributed by atoms with Crippen LogP contribution in [0.5, 0.6) is 5.75 Å². The Bertz CT molecular complexity index is 1470. The average Bonchev–Trinajstić information content (AvgIpc) is 3.35. The Morgan fingerprint density at radius 3 is 2.67 bits per heavy atom. The van der Waals surface area contributed by atoms with Gasteiger partial charge in [-0.1, -0.05) is 12.1 Å². The number of rotatable bonds is 7. The standard InChI is InChI=1S/C31H36N6O3/c1-21-31-28(35-34-21)16-25(18-30(31)40-26-7-14-39-15-8-26)24-5-6-27(33-22(2)38)29(17-24)37-12-10-36(11-13-37)20-23-4-3-9-32-19-23/h3-6,9,16-19,26H,7-8,10-15,20H2,1-2H3,(H,33,38)(H,34,35). The summed E-state index contributed by atoms with van der Waals surface area (Å²) in [6.45, 7) is 9.51. The Balaban J connectivity index is 1.29. The molecular formula is C31H36N6O3. The lowest BCUT2D eigenvalue weighted by molar-refractivity contribution is -0.114. The Kier molecular flexibility index (Phi) is 7.66. The number of ether oxygens (including phenoxy) is 2. The van der Waals surface area contributed by atoms with Gasteiger partial charge in [-0.05, 0) is 53.9 Å². The number of fused-ring (bicyclic) bond motifs is 1. The van der Waals surface area contributed by atoms with Crippen LogP contribution < -0.4 is 15.0 Å². The van der Waals surface area contributed by atoms with E-state index in [1.54, 1.807) is 6.92 Å². The number of aryl methyl sites for hydroxylation is 1. The van der Waals surface area contributed by atoms with Gasteiger partial charge in [0.15, 0.2) is 0 Å². The van der Waals surface area contributed by atoms with E-state index in [-0.39, 0.29) is 12.0 Å². The van der Waals surface area contributed by atoms with Crippen molar-refractivity contribution < 1.29 is 14.3 Å². The number of carbonyl (C=O) groups excluding carboxylic acids is 1. The first kappa shape index (κ1) is 26.3. The number of nitrogens with one attached hydrogen (secondary N) is 2. The van der Waals surface area contributed by atoms with E-state index in [0.717, 1.165) is 104 Å². The highest BCUT2D eigenvalue weighted by Crippen LogP contribution is 2.38. The van der Waals surface area contributed by atoms with Crippen molar-refractivity contribution in [2.75, 3.05) is 49.6 Å². The van der Waals surface area contributed by atoms with Crippen molar-refractivity contribution in [3.63, 3.8) is 0 Å². The first-order valence-corrected chi connectivity index (χ1v) is 14.0. The second-order valence-corrected chi connectivity index (χ2v) is 10.7. The summed E-state index contributed by atoms with van der Waals surface area (Å²) >= 11 is 0. The lowest BCUT2D eigenvalue weighted by atomic mass is 10.0. The van der Waals surface area contributed by atoms with Gasteiger partial charge in [-0.25, -0.2) is 0 Å². The molecule has 0 atom stereocenters. The summed E-state index contributed by atoms with van der Waals surface area (Å²) < 4.78 is 12.1. The zero-order chi connectivity index (χ0) is 27.5. The van der Waals surface area contributed by atoms with Crippen LogP contribution in [0.25, 0.3) is 22.0 Å². The lowest BCUT2D eigenvalue weighted by Crippen LogP contribution is -2.46. The number of benzene rings is 2. The first-order valence-electron chi connectivity index (χ1n) is 14.0. The largest absolute Gasteiger partial charge is 0.489 e. The fourth-order valence-corrected chi connectivity index (χ4v) is 5.66. The predicted molar refractivity (Wildman–Crippen MR) is 157 cm³/mol. The van der Waals surface area contributed by atoms with E-state index in [9.17, 15) is 4.79 Å². The molecule has 2 aromatic heterocycles. The maximum atomic E-state index is 12.1. The van der Waals surface area contributed by atoms with Gasteiger partial charge in [0.05, 0.1) is 35.5 Å². The number of nitrogens with zero attached hydrogens (tertiary/aromatic N) is 4. The van der Waals surface area contributed by atoms with E-state index in [2.05, 4.69) is 60.6 Å². The first-order chi connectivity index (χ1) is 19.5. The summed E-state index contributed by atoms with van der Waals surface area (Å²) in [7, 11) is 0. The summed E-state index contributed by atoms with van der Waals surface area (Å²) in [5.74, 6) is 0.770. The number of aromatic nitrogens is 3. The van der Waals surface area contributed by atoms with Gasteiger partial charge in [-0.2, -0.15) is 5.10 Å². The van der Waals surface area contributed by atoms with Crippen LogP contribution in [0.1, 0.15) is 31.0 Å². The molecule has 2 aromatic carbocycles. The zero-order valence-electron chi connectivity index (χ0n) is 23.2. The molecule has 0 radical (unpaired) electrons. The molecule has 2 aliphatic rings. The van der Waals surface area contributed by atoms with Gasteiger partial charge in [-0.15, -0.1) is 0 Å². The highest BCUT2D eigenvalue weighted by atomic mass is 16.5. The molecule has 40 heavy (non-hydrogen) atoms. The maximum Gasteiger partial charge on any atom is 0.221 e. The third-order valence-corrected chi connectivity index (χ3v) is 7.75. The van der Waals surface area contributed by atoms with Crippen molar-refractivity contribution in [3.8, 4) is 16.9 Å². The topological polar surface area (TPSA) is 95.6 Å². The summed E-state index contributed by atoms with van der Waals surface area (Å²) in [6.07, 6.45) is 5.63. The molecule has 9 nitrogen and oxygen atoms in total. The van der Waals surface area contributed by atoms with E-state index in [1.165, 1.54) is 5.56 Å². The minimum absolute atomic E-state index is 0.0789. The van der Waals surface area contributed by atoms with E-state index in [0.29, 0.717) is 0 Å². The second-order valence-electron chi connectivity index (χ2n) is 10.7. The number of hydrogen-bond donors (Lipinski definition) is 2. The molecule has 2 aliphatic heterocycles. The van der Waals surface area contributed by atoms with Gasteiger partial charge in [0.2, 0.25) is 5.91 Å². The molecule has 2 fully saturated rings. The van der Waals surface area contributed by atoms with Crippen LogP contribution in [-0.2, 0) is 16.1 Å². The molecule has 0 aliphatic carbocycles. The molecule has 208 valence electrons. The van der Waals surface area contributed by atoms with Crippen LogP contribution in [-0.4, -0.2) is 71.5 Å². The number of carbonyl (C=O) groups is 1. The minimum atomic E-state index is -0.0789. The number of pyridine rings is 1. The van der Waals surface area contributed by atoms with Crippen LogP contribution in [0.2, 0.25) is 0 Å². The quantitative estimate of drug-likeness (QED) is 0.349. The molecule has 0 saturated carbocycles. The Morgan fingerprint density at radius 1 is 1.10 bits per heavy atom. The lowest BCUT2D eigenvalue weighted by Gasteiger charge is -2.37. The van der Waals surface area contributed by atoms with Crippen molar-refractivity contribution in [3.05, 3.63) is 66.1 Å². The second kappa shape index (κ2) is 11.7. The molecule has 6 rings (SSSR count). The summed E-state index contributed by atoms with van der Waals surface area (Å²) in [5, 5.41) is 11.8. The molecule has 0 bridgehead atoms. The molecule has 4 heterocycles. The number of H-pyrrole nitrogens is 1. The maximum absolute atomic E-state index is 12.1. The Hall–Kier alpha value is -3.95. The van der Waals surface area contributed by atoms with Crippen molar-refractivity contribution >= 4 is 28.2 Å². The minimum Gasteiger partial charge on any atom is -0.489 e. The molecule has 2 N–H and O–H groups in total. The molecule has 0 unspecified atom stereocenters. The number of hydrogen-bond acceptors (Lipinski definition) is 7. The molecular weight excluding hydrogens is 504 g/mol. The van der Waals surface area contributed by atoms with Crippen molar-refractivity contribution in [1.82, 2.24) is 20.1 Å². The van der Waals surface area contributed by atoms with Crippen LogP contribution in [0, 0.1) is 6.92 Å². The van der Waals surface area contributed by atoms with E-state index >= 15 is 0 Å². The van der Waals surface area contributed by atoms with Crippen LogP contribution in [0.15, 0.2) is 54.9 Å². The molecule has 0 spiro atoms. The summed E-state index contributed by atoms with van der Waals surface area (Å²) in [4.78, 5) is 21.1. The van der Waals surface area contributed by atoms with E-state index < -0.39 is 0 Å². The number of amides is 1. The van der Waals surface area contributed by atoms with Gasteiger partial charge < -0.3 is 19.7 Å². The summed E-state index contributed by atoms with van der Waals surface area (Å²) in [5.41, 5.74) is 7.04. The highest BCUT2D eigenvalue weighted by molar-refractivity contribution is 5.95. The monoisotopic (exact) mass is 540 g/mol. The van der Waals surface area contributed by atoms with Gasteiger partial charge >= 0.3 is 0 Å². The molecule has 2 saturated heterocycles. The van der Waals surface area contributed by atoms with Gasteiger partial charge in [0.1, 0.15) is 11.9 Å². The van der Waals surface area contributed by atoms with Crippen LogP contribution in [0.4, 0.5) is 11.4 Å². The van der Waals surface area contributed by atoms with Gasteiger partial charge in [0, 0.05) is 70.6 Å². The average molecular weight is 541 g/mol. The van der Waals surface area contributed by atoms with E-state index in [4.69, 9.17) is 9.47 Å². The van der Waals surface area contributed by atoms with Crippen molar-refractivity contribution in [2.45, 2.75) is 39.3 Å². The van der Waals surface area contributed by atoms with Gasteiger partial charge in [-0.3, -0.25) is 19.8 Å². The zero-order valence-corrected chi connectivity index (χ0v) is 23.2. The third-order valence-electron chi connectivity index (χ3n) is 7.75. The van der Waals surface area contributed by atoms with Crippen LogP contribution >= 0.6 is 0 Å². The Labute approximate surface area is 234 Å². The van der Waals surface area contributed by atoms with Gasteiger partial charge in [0.25, 0.3) is 0 Å². The van der Waals surface area contributed by atoms with E-state index in [1.807, 2.05) is 31.5 Å². The fraction of sp³-hybridized carbons (Fsp3) is 0.387. The number of aromatic amines is 1. The smallest absolute Gasteiger partial charge is 0.221 e. The molecule has 4 aromatic rings. The Morgan fingerprint density at radius 2 is 1.93 bits per heavy atom. The van der Waals surface area contributed by atoms with Crippen molar-refractivity contribution in [2.24, 2.45) is 0 Å². The number of anilines is 2.